The topological polar surface area (TPSA) is 89.0 Å². The molecule has 0 saturated carbocycles. The van der Waals surface area contributed by atoms with Crippen molar-refractivity contribution >= 4 is 29.0 Å². The second-order valence-corrected chi connectivity index (χ2v) is 7.70. The monoisotopic (exact) mass is 413 g/mol. The highest BCUT2D eigenvalue weighted by atomic mass is 35.5. The number of carbonyl (C=O) groups excluding carboxylic acids is 1. The standard InChI is InChI=1S/C21H24ClN5O2/c1-3-23-19(29)11-17-21-26-25-12(2)27(21)18-9-8-15(28)10-16(18)20(24-17)13-4-6-14(22)7-5-13/h4-10,17,20-21,24,26,28H,3,11H2,1-2H3,(H,23,29)/t17-,20?,21?/m0/s1. The summed E-state index contributed by atoms with van der Waals surface area (Å²) >= 11 is 6.09. The van der Waals surface area contributed by atoms with Crippen LogP contribution in [0.3, 0.4) is 0 Å². The third-order valence-electron chi connectivity index (χ3n) is 5.31. The number of phenolic OH excluding ortho intramolecular Hbond substituents is 1. The Labute approximate surface area is 174 Å². The largest absolute Gasteiger partial charge is 0.508 e. The highest BCUT2D eigenvalue weighted by Gasteiger charge is 2.41. The molecule has 0 fully saturated rings. The van der Waals surface area contributed by atoms with Crippen LogP contribution >= 0.6 is 11.6 Å². The molecule has 2 aliphatic heterocycles. The van der Waals surface area contributed by atoms with Gasteiger partial charge in [0.05, 0.1) is 12.1 Å². The Hall–Kier alpha value is -2.77. The number of halogens is 1. The lowest BCUT2D eigenvalue weighted by Gasteiger charge is -2.30. The van der Waals surface area contributed by atoms with Crippen LogP contribution in [0, 0.1) is 0 Å². The second-order valence-electron chi connectivity index (χ2n) is 7.26. The minimum atomic E-state index is -0.228. The van der Waals surface area contributed by atoms with Crippen LogP contribution in [-0.2, 0) is 4.79 Å². The van der Waals surface area contributed by atoms with Gasteiger partial charge in [0.1, 0.15) is 17.8 Å². The molecule has 2 aliphatic rings. The third kappa shape index (κ3) is 3.75. The molecule has 4 N–H and O–H groups in total. The molecule has 4 rings (SSSR count). The van der Waals surface area contributed by atoms with E-state index >= 15 is 0 Å². The fraction of sp³-hybridized carbons (Fsp3) is 0.333. The summed E-state index contributed by atoms with van der Waals surface area (Å²) in [4.78, 5) is 14.5. The first kappa shape index (κ1) is 19.5. The second kappa shape index (κ2) is 7.93. The molecule has 0 radical (unpaired) electrons. The number of fused-ring (bicyclic) bond motifs is 3. The summed E-state index contributed by atoms with van der Waals surface area (Å²) in [6.45, 7) is 4.41. The van der Waals surface area contributed by atoms with Gasteiger partial charge >= 0.3 is 0 Å². The molecule has 0 aliphatic carbocycles. The van der Waals surface area contributed by atoms with Gasteiger partial charge in [-0.25, -0.2) is 0 Å². The number of benzene rings is 2. The average Bonchev–Trinajstić information content (AvgIpc) is 3.01. The van der Waals surface area contributed by atoms with Crippen LogP contribution in [-0.4, -0.2) is 35.6 Å². The van der Waals surface area contributed by atoms with Crippen LogP contribution < -0.4 is 21.0 Å². The van der Waals surface area contributed by atoms with Crippen molar-refractivity contribution in [1.29, 1.82) is 0 Å². The van der Waals surface area contributed by atoms with Gasteiger partial charge < -0.3 is 15.3 Å². The van der Waals surface area contributed by atoms with Crippen molar-refractivity contribution in [2.75, 3.05) is 11.4 Å². The molecule has 2 heterocycles. The zero-order chi connectivity index (χ0) is 20.5. The van der Waals surface area contributed by atoms with E-state index in [1.54, 1.807) is 12.1 Å². The van der Waals surface area contributed by atoms with Gasteiger partial charge in [0, 0.05) is 29.2 Å². The van der Waals surface area contributed by atoms with Crippen LogP contribution in [0.2, 0.25) is 5.02 Å². The van der Waals surface area contributed by atoms with Crippen molar-refractivity contribution < 1.29 is 9.90 Å². The molecule has 0 spiro atoms. The van der Waals surface area contributed by atoms with Crippen molar-refractivity contribution in [2.45, 2.75) is 38.5 Å². The molecular formula is C21H24ClN5O2. The third-order valence-corrected chi connectivity index (χ3v) is 5.56. The van der Waals surface area contributed by atoms with Crippen molar-refractivity contribution in [2.24, 2.45) is 5.10 Å². The van der Waals surface area contributed by atoms with Gasteiger partial charge in [-0.05, 0) is 49.7 Å². The predicted molar refractivity (Wildman–Crippen MR) is 114 cm³/mol. The Balaban J connectivity index is 1.82. The molecule has 2 unspecified atom stereocenters. The fourth-order valence-electron chi connectivity index (χ4n) is 4.02. The van der Waals surface area contributed by atoms with Crippen molar-refractivity contribution in [1.82, 2.24) is 16.1 Å². The normalized spacial score (nSPS) is 22.8. The smallest absolute Gasteiger partial charge is 0.221 e. The lowest BCUT2D eigenvalue weighted by atomic mass is 9.96. The van der Waals surface area contributed by atoms with Crippen LogP contribution in [0.15, 0.2) is 47.6 Å². The Morgan fingerprint density at radius 2 is 2.03 bits per heavy atom. The minimum Gasteiger partial charge on any atom is -0.508 e. The van der Waals surface area contributed by atoms with Crippen molar-refractivity contribution in [3.8, 4) is 5.75 Å². The van der Waals surface area contributed by atoms with Gasteiger partial charge in [-0.1, -0.05) is 23.7 Å². The maximum Gasteiger partial charge on any atom is 0.221 e. The first-order chi connectivity index (χ1) is 14.0. The summed E-state index contributed by atoms with van der Waals surface area (Å²) in [6.07, 6.45) is 0.0627. The Bertz CT molecular complexity index is 947. The van der Waals surface area contributed by atoms with Gasteiger partial charge in [0.25, 0.3) is 0 Å². The Morgan fingerprint density at radius 3 is 2.76 bits per heavy atom. The number of amidine groups is 1. The quantitative estimate of drug-likeness (QED) is 0.619. The van der Waals surface area contributed by atoms with Gasteiger partial charge in [-0.15, -0.1) is 0 Å². The summed E-state index contributed by atoms with van der Waals surface area (Å²) in [5, 5.41) is 21.8. The van der Waals surface area contributed by atoms with E-state index in [0.29, 0.717) is 11.6 Å². The summed E-state index contributed by atoms with van der Waals surface area (Å²) in [6, 6.07) is 12.5. The van der Waals surface area contributed by atoms with Crippen molar-refractivity contribution in [3.63, 3.8) is 0 Å². The van der Waals surface area contributed by atoms with Crippen LogP contribution in [0.5, 0.6) is 5.75 Å². The van der Waals surface area contributed by atoms with E-state index in [9.17, 15) is 9.90 Å². The molecule has 0 bridgehead atoms. The first-order valence-electron chi connectivity index (χ1n) is 9.68. The number of hydrogen-bond acceptors (Lipinski definition) is 6. The molecule has 8 heteroatoms. The zero-order valence-corrected chi connectivity index (χ0v) is 17.1. The van der Waals surface area contributed by atoms with Crippen LogP contribution in [0.25, 0.3) is 0 Å². The maximum atomic E-state index is 12.4. The molecule has 1 amide bonds. The summed E-state index contributed by atoms with van der Waals surface area (Å²) in [5.41, 5.74) is 6.01. The molecule has 2 aromatic carbocycles. The number of carbonyl (C=O) groups is 1. The summed E-state index contributed by atoms with van der Waals surface area (Å²) in [5.74, 6) is 0.964. The predicted octanol–water partition coefficient (Wildman–Crippen LogP) is 2.70. The number of rotatable bonds is 4. The molecule has 0 saturated heterocycles. The number of hydrogen-bond donors (Lipinski definition) is 4. The van der Waals surface area contributed by atoms with Crippen LogP contribution in [0.1, 0.15) is 37.4 Å². The SMILES string of the molecule is CCNC(=O)C[C@@H]1NC(c2ccc(Cl)cc2)c2cc(O)ccc2N2C(C)=NNC12. The lowest BCUT2D eigenvalue weighted by Crippen LogP contribution is -2.54. The van der Waals surface area contributed by atoms with E-state index in [1.165, 1.54) is 0 Å². The molecule has 3 atom stereocenters. The summed E-state index contributed by atoms with van der Waals surface area (Å²) in [7, 11) is 0. The highest BCUT2D eigenvalue weighted by molar-refractivity contribution is 6.30. The van der Waals surface area contributed by atoms with Crippen LogP contribution in [0.4, 0.5) is 5.69 Å². The summed E-state index contributed by atoms with van der Waals surface area (Å²) < 4.78 is 0. The maximum absolute atomic E-state index is 12.4. The number of hydrazone groups is 1. The van der Waals surface area contributed by atoms with Gasteiger partial charge in [-0.2, -0.15) is 5.10 Å². The number of aromatic hydroxyl groups is 1. The van der Waals surface area contributed by atoms with Gasteiger partial charge in [0.15, 0.2) is 0 Å². The fourth-order valence-corrected chi connectivity index (χ4v) is 4.15. The van der Waals surface area contributed by atoms with Crippen molar-refractivity contribution in [3.05, 3.63) is 58.6 Å². The molecule has 0 aromatic heterocycles. The number of phenols is 1. The molecule has 2 aromatic rings. The van der Waals surface area contributed by atoms with Gasteiger partial charge in [-0.3, -0.25) is 15.5 Å². The molecule has 29 heavy (non-hydrogen) atoms. The van der Waals surface area contributed by atoms with E-state index in [4.69, 9.17) is 11.6 Å². The first-order valence-corrected chi connectivity index (χ1v) is 10.1. The van der Waals surface area contributed by atoms with E-state index in [-0.39, 0.29) is 36.3 Å². The Morgan fingerprint density at radius 1 is 1.28 bits per heavy atom. The molecular weight excluding hydrogens is 390 g/mol. The highest BCUT2D eigenvalue weighted by Crippen LogP contribution is 2.39. The van der Waals surface area contributed by atoms with E-state index < -0.39 is 0 Å². The number of nitrogens with one attached hydrogen (secondary N) is 3. The van der Waals surface area contributed by atoms with E-state index in [1.807, 2.05) is 44.2 Å². The molecule has 152 valence electrons. The van der Waals surface area contributed by atoms with Gasteiger partial charge in [0.2, 0.25) is 5.91 Å². The zero-order valence-electron chi connectivity index (χ0n) is 16.3. The minimum absolute atomic E-state index is 0.0278. The Kier molecular flexibility index (Phi) is 5.34. The number of nitrogens with zero attached hydrogens (tertiary/aromatic N) is 2. The lowest BCUT2D eigenvalue weighted by molar-refractivity contribution is -0.121. The number of anilines is 1. The molecule has 7 nitrogen and oxygen atoms in total. The van der Waals surface area contributed by atoms with E-state index in [0.717, 1.165) is 22.6 Å². The number of amides is 1. The van der Waals surface area contributed by atoms with E-state index in [2.05, 4.69) is 26.1 Å². The average molecular weight is 414 g/mol.